The van der Waals surface area contributed by atoms with E-state index in [0.29, 0.717) is 16.5 Å². The minimum Gasteiger partial charge on any atom is -0.508 e. The van der Waals surface area contributed by atoms with Crippen LogP contribution in [0.15, 0.2) is 58.8 Å². The van der Waals surface area contributed by atoms with Crippen LogP contribution in [0.4, 0.5) is 5.69 Å². The molecule has 0 saturated heterocycles. The zero-order valence-electron chi connectivity index (χ0n) is 10.8. The van der Waals surface area contributed by atoms with Gasteiger partial charge in [0.2, 0.25) is 5.88 Å². The fraction of sp³-hybridized carbons (Fsp3) is 0. The number of phenolic OH excluding ortho intramolecular Hbond substituents is 1. The highest BCUT2D eigenvalue weighted by atomic mass is 16.3. The van der Waals surface area contributed by atoms with E-state index in [1.165, 1.54) is 24.3 Å². The van der Waals surface area contributed by atoms with Crippen molar-refractivity contribution in [2.24, 2.45) is 10.2 Å². The number of hydrogen-bond acceptors (Lipinski definition) is 4. The van der Waals surface area contributed by atoms with Crippen molar-refractivity contribution in [1.82, 2.24) is 4.98 Å². The number of H-pyrrole nitrogens is 1. The van der Waals surface area contributed by atoms with Crippen LogP contribution in [0.5, 0.6) is 11.6 Å². The summed E-state index contributed by atoms with van der Waals surface area (Å²) in [4.78, 5) is 14.6. The molecule has 3 aromatic rings. The van der Waals surface area contributed by atoms with E-state index in [4.69, 9.17) is 0 Å². The van der Waals surface area contributed by atoms with Crippen molar-refractivity contribution in [3.05, 3.63) is 54.1 Å². The molecule has 21 heavy (non-hydrogen) atoms. The van der Waals surface area contributed by atoms with Gasteiger partial charge in [-0.25, -0.2) is 0 Å². The Labute approximate surface area is 119 Å². The van der Waals surface area contributed by atoms with Gasteiger partial charge < -0.3 is 15.2 Å². The van der Waals surface area contributed by atoms with Gasteiger partial charge in [-0.3, -0.25) is 4.79 Å². The van der Waals surface area contributed by atoms with Crippen molar-refractivity contribution < 1.29 is 15.0 Å². The van der Waals surface area contributed by atoms with Crippen LogP contribution in [0.2, 0.25) is 0 Å². The third-order valence-electron chi connectivity index (χ3n) is 3.01. The third kappa shape index (κ3) is 2.46. The standard InChI is InChI=1S/C15H11N3O3/c19-10-7-5-9(6-8-10)14(20)18-17-13-11-3-1-2-4-12(11)16-15(13)21/h1-8,16,19,21H. The van der Waals surface area contributed by atoms with Crippen LogP contribution >= 0.6 is 0 Å². The predicted molar refractivity (Wildman–Crippen MR) is 76.9 cm³/mol. The lowest BCUT2D eigenvalue weighted by atomic mass is 10.2. The number of nitrogens with zero attached hydrogens (tertiary/aromatic N) is 2. The van der Waals surface area contributed by atoms with Gasteiger partial charge in [-0.05, 0) is 30.3 Å². The second-order valence-corrected chi connectivity index (χ2v) is 4.42. The Morgan fingerprint density at radius 1 is 1.00 bits per heavy atom. The van der Waals surface area contributed by atoms with Crippen LogP contribution in [-0.4, -0.2) is 21.1 Å². The van der Waals surface area contributed by atoms with Crippen LogP contribution in [0.3, 0.4) is 0 Å². The largest absolute Gasteiger partial charge is 0.508 e. The van der Waals surface area contributed by atoms with Crippen LogP contribution in [-0.2, 0) is 0 Å². The van der Waals surface area contributed by atoms with Gasteiger partial charge in [-0.2, -0.15) is 0 Å². The molecule has 0 bridgehead atoms. The van der Waals surface area contributed by atoms with Crippen molar-refractivity contribution in [1.29, 1.82) is 0 Å². The van der Waals surface area contributed by atoms with Crippen molar-refractivity contribution in [3.63, 3.8) is 0 Å². The third-order valence-corrected chi connectivity index (χ3v) is 3.01. The monoisotopic (exact) mass is 281 g/mol. The SMILES string of the molecule is O=C(N=Nc1c(O)[nH]c2ccccc12)c1ccc(O)cc1. The molecule has 6 nitrogen and oxygen atoms in total. The maximum atomic E-state index is 11.9. The van der Waals surface area contributed by atoms with Crippen molar-refractivity contribution in [2.45, 2.75) is 0 Å². The molecule has 0 unspecified atom stereocenters. The first-order valence-electron chi connectivity index (χ1n) is 6.20. The predicted octanol–water partition coefficient (Wildman–Crippen LogP) is 3.50. The lowest BCUT2D eigenvalue weighted by molar-refractivity contribution is 0.0995. The van der Waals surface area contributed by atoms with Crippen LogP contribution in [0.25, 0.3) is 10.9 Å². The molecular weight excluding hydrogens is 270 g/mol. The molecule has 0 atom stereocenters. The summed E-state index contributed by atoms with van der Waals surface area (Å²) in [6.07, 6.45) is 0. The number of para-hydroxylation sites is 1. The average molecular weight is 281 g/mol. The zero-order valence-corrected chi connectivity index (χ0v) is 10.8. The van der Waals surface area contributed by atoms with Crippen molar-refractivity contribution >= 4 is 22.5 Å². The molecule has 2 aromatic carbocycles. The van der Waals surface area contributed by atoms with E-state index in [1.807, 2.05) is 6.07 Å². The smallest absolute Gasteiger partial charge is 0.295 e. The second kappa shape index (κ2) is 5.09. The summed E-state index contributed by atoms with van der Waals surface area (Å²) in [5.74, 6) is -0.629. The summed E-state index contributed by atoms with van der Waals surface area (Å²) >= 11 is 0. The molecule has 0 saturated carbocycles. The van der Waals surface area contributed by atoms with Gasteiger partial charge >= 0.3 is 0 Å². The number of carbonyl (C=O) groups excluding carboxylic acids is 1. The molecular formula is C15H11N3O3. The van der Waals surface area contributed by atoms with E-state index in [-0.39, 0.29) is 17.3 Å². The Kier molecular flexibility index (Phi) is 3.12. The Morgan fingerprint density at radius 2 is 1.71 bits per heavy atom. The maximum Gasteiger partial charge on any atom is 0.295 e. The number of aromatic nitrogens is 1. The minimum absolute atomic E-state index is 0.0674. The fourth-order valence-corrected chi connectivity index (χ4v) is 1.97. The maximum absolute atomic E-state index is 11.9. The van der Waals surface area contributed by atoms with E-state index in [9.17, 15) is 15.0 Å². The number of benzene rings is 2. The summed E-state index contributed by atoms with van der Waals surface area (Å²) in [5, 5.41) is 27.1. The van der Waals surface area contributed by atoms with E-state index in [1.54, 1.807) is 18.2 Å². The highest BCUT2D eigenvalue weighted by Crippen LogP contribution is 2.35. The van der Waals surface area contributed by atoms with Gasteiger partial charge in [-0.1, -0.05) is 18.2 Å². The summed E-state index contributed by atoms with van der Waals surface area (Å²) in [5.41, 5.74) is 1.23. The number of aromatic amines is 1. The highest BCUT2D eigenvalue weighted by Gasteiger charge is 2.10. The molecule has 0 aliphatic heterocycles. The Hall–Kier alpha value is -3.15. The first kappa shape index (κ1) is 12.9. The van der Waals surface area contributed by atoms with Gasteiger partial charge in [0.25, 0.3) is 5.91 Å². The number of rotatable bonds is 2. The number of azo groups is 1. The van der Waals surface area contributed by atoms with Crippen LogP contribution < -0.4 is 0 Å². The summed E-state index contributed by atoms with van der Waals surface area (Å²) < 4.78 is 0. The summed E-state index contributed by atoms with van der Waals surface area (Å²) in [6, 6.07) is 12.9. The van der Waals surface area contributed by atoms with E-state index in [2.05, 4.69) is 15.2 Å². The Morgan fingerprint density at radius 3 is 2.48 bits per heavy atom. The van der Waals surface area contributed by atoms with Crippen LogP contribution in [0.1, 0.15) is 10.4 Å². The number of carbonyl (C=O) groups is 1. The molecule has 3 rings (SSSR count). The number of phenols is 1. The Balaban J connectivity index is 1.92. The number of amides is 1. The molecule has 1 amide bonds. The van der Waals surface area contributed by atoms with E-state index < -0.39 is 5.91 Å². The Bertz CT molecular complexity index is 835. The number of hydrogen-bond donors (Lipinski definition) is 3. The minimum atomic E-state index is -0.556. The number of nitrogens with one attached hydrogen (secondary N) is 1. The van der Waals surface area contributed by atoms with Crippen LogP contribution in [0, 0.1) is 0 Å². The van der Waals surface area contributed by atoms with Crippen molar-refractivity contribution in [3.8, 4) is 11.6 Å². The number of aromatic hydroxyl groups is 2. The van der Waals surface area contributed by atoms with E-state index in [0.717, 1.165) is 0 Å². The molecule has 0 aliphatic carbocycles. The molecule has 1 aromatic heterocycles. The molecule has 104 valence electrons. The highest BCUT2D eigenvalue weighted by molar-refractivity contribution is 5.96. The summed E-state index contributed by atoms with van der Waals surface area (Å²) in [7, 11) is 0. The van der Waals surface area contributed by atoms with E-state index >= 15 is 0 Å². The lowest BCUT2D eigenvalue weighted by Crippen LogP contribution is -1.92. The molecule has 0 aliphatic rings. The van der Waals surface area contributed by atoms with Gasteiger partial charge in [0, 0.05) is 10.9 Å². The second-order valence-electron chi connectivity index (χ2n) is 4.42. The van der Waals surface area contributed by atoms with Gasteiger partial charge in [0.05, 0.1) is 5.52 Å². The first-order chi connectivity index (χ1) is 10.1. The summed E-state index contributed by atoms with van der Waals surface area (Å²) in [6.45, 7) is 0. The molecule has 0 radical (unpaired) electrons. The normalized spacial score (nSPS) is 11.2. The van der Waals surface area contributed by atoms with Gasteiger partial charge in [0.1, 0.15) is 5.75 Å². The lowest BCUT2D eigenvalue weighted by Gasteiger charge is -1.95. The average Bonchev–Trinajstić information content (AvgIpc) is 2.81. The first-order valence-corrected chi connectivity index (χ1v) is 6.20. The zero-order chi connectivity index (χ0) is 14.8. The number of fused-ring (bicyclic) bond motifs is 1. The fourth-order valence-electron chi connectivity index (χ4n) is 1.97. The molecule has 0 spiro atoms. The molecule has 1 heterocycles. The van der Waals surface area contributed by atoms with Gasteiger partial charge in [-0.15, -0.1) is 10.2 Å². The quantitative estimate of drug-likeness (QED) is 0.627. The molecule has 0 fully saturated rings. The van der Waals surface area contributed by atoms with Crippen molar-refractivity contribution in [2.75, 3.05) is 0 Å². The topological polar surface area (TPSA) is 98.0 Å². The molecule has 3 N–H and O–H groups in total. The molecule has 6 heteroatoms. The van der Waals surface area contributed by atoms with Gasteiger partial charge in [0.15, 0.2) is 5.69 Å².